The quantitative estimate of drug-likeness (QED) is 0.695. The molecule has 0 fully saturated rings. The Morgan fingerprint density at radius 2 is 2.20 bits per heavy atom. The van der Waals surface area contributed by atoms with E-state index in [9.17, 15) is 0 Å². The fourth-order valence-corrected chi connectivity index (χ4v) is 1.18. The fraction of sp³-hybridized carbons (Fsp3) is 0.429. The Morgan fingerprint density at radius 3 is 2.70 bits per heavy atom. The highest BCUT2D eigenvalue weighted by atomic mass is 79.9. The summed E-state index contributed by atoms with van der Waals surface area (Å²) in [7, 11) is 0. The summed E-state index contributed by atoms with van der Waals surface area (Å²) >= 11 is 3.26. The normalized spacial score (nSPS) is 9.90. The van der Waals surface area contributed by atoms with Gasteiger partial charge in [-0.05, 0) is 40.9 Å². The maximum atomic E-state index is 3.95. The van der Waals surface area contributed by atoms with Crippen LogP contribution < -0.4 is 0 Å². The zero-order valence-electron chi connectivity index (χ0n) is 6.06. The van der Waals surface area contributed by atoms with E-state index in [2.05, 4.69) is 33.1 Å². The second-order valence-electron chi connectivity index (χ2n) is 2.13. The van der Waals surface area contributed by atoms with E-state index in [1.54, 1.807) is 0 Å². The van der Waals surface area contributed by atoms with Gasteiger partial charge in [0, 0.05) is 0 Å². The van der Waals surface area contributed by atoms with Crippen LogP contribution in [0.3, 0.4) is 0 Å². The molecule has 0 atom stereocenters. The van der Waals surface area contributed by atoms with Crippen molar-refractivity contribution in [2.45, 2.75) is 20.3 Å². The van der Waals surface area contributed by atoms with Gasteiger partial charge in [-0.15, -0.1) is 5.10 Å². The lowest BCUT2D eigenvalue weighted by Gasteiger charge is -1.98. The van der Waals surface area contributed by atoms with Gasteiger partial charge in [-0.2, -0.15) is 5.10 Å². The fourth-order valence-electron chi connectivity index (χ4n) is 0.822. The monoisotopic (exact) mass is 200 g/mol. The minimum atomic E-state index is 0.815. The Labute approximate surface area is 68.8 Å². The van der Waals surface area contributed by atoms with Crippen LogP contribution in [0.25, 0.3) is 0 Å². The van der Waals surface area contributed by atoms with Crippen LogP contribution in [0.5, 0.6) is 0 Å². The Bertz CT molecular complexity index is 235. The van der Waals surface area contributed by atoms with Crippen molar-refractivity contribution in [2.75, 3.05) is 0 Å². The molecule has 0 spiro atoms. The molecular formula is C7H9BrN2. The van der Waals surface area contributed by atoms with Crippen LogP contribution in [0.1, 0.15) is 18.2 Å². The molecule has 0 saturated carbocycles. The van der Waals surface area contributed by atoms with Gasteiger partial charge >= 0.3 is 0 Å². The largest absolute Gasteiger partial charge is 0.155 e. The highest BCUT2D eigenvalue weighted by Gasteiger charge is 1.97. The molecule has 0 radical (unpaired) electrons. The van der Waals surface area contributed by atoms with Crippen LogP contribution in [-0.2, 0) is 6.42 Å². The first-order chi connectivity index (χ1) is 4.74. The molecule has 0 saturated heterocycles. The van der Waals surface area contributed by atoms with Crippen LogP contribution in [-0.4, -0.2) is 10.2 Å². The summed E-state index contributed by atoms with van der Waals surface area (Å²) in [6.45, 7) is 4.08. The first-order valence-electron chi connectivity index (χ1n) is 3.22. The van der Waals surface area contributed by atoms with Crippen molar-refractivity contribution >= 4 is 15.9 Å². The number of hydrogen-bond acceptors (Lipinski definition) is 2. The SMILES string of the molecule is CCc1cc(Br)nnc1C. The molecule has 3 heteroatoms. The minimum absolute atomic E-state index is 0.815. The average molecular weight is 201 g/mol. The maximum Gasteiger partial charge on any atom is 0.129 e. The number of rotatable bonds is 1. The smallest absolute Gasteiger partial charge is 0.129 e. The summed E-state index contributed by atoms with van der Waals surface area (Å²) in [4.78, 5) is 0. The molecule has 0 N–H and O–H groups in total. The molecule has 1 aromatic heterocycles. The Hall–Kier alpha value is -0.440. The van der Waals surface area contributed by atoms with Crippen molar-refractivity contribution in [3.63, 3.8) is 0 Å². The van der Waals surface area contributed by atoms with E-state index in [1.165, 1.54) is 5.56 Å². The van der Waals surface area contributed by atoms with Crippen LogP contribution in [0, 0.1) is 6.92 Å². The zero-order valence-corrected chi connectivity index (χ0v) is 7.64. The van der Waals surface area contributed by atoms with Crippen LogP contribution in [0.15, 0.2) is 10.7 Å². The molecule has 0 bridgehead atoms. The van der Waals surface area contributed by atoms with Gasteiger partial charge in [-0.25, -0.2) is 0 Å². The molecule has 0 unspecified atom stereocenters. The van der Waals surface area contributed by atoms with E-state index < -0.39 is 0 Å². The highest BCUT2D eigenvalue weighted by Crippen LogP contribution is 2.10. The Kier molecular flexibility index (Phi) is 2.38. The topological polar surface area (TPSA) is 25.8 Å². The lowest BCUT2D eigenvalue weighted by molar-refractivity contribution is 0.915. The van der Waals surface area contributed by atoms with Gasteiger partial charge in [-0.1, -0.05) is 6.92 Å². The maximum absolute atomic E-state index is 3.95. The second kappa shape index (κ2) is 3.10. The number of halogens is 1. The molecule has 0 amide bonds. The molecule has 0 aliphatic heterocycles. The van der Waals surface area contributed by atoms with Crippen molar-refractivity contribution in [3.05, 3.63) is 21.9 Å². The van der Waals surface area contributed by atoms with E-state index >= 15 is 0 Å². The average Bonchev–Trinajstić information content (AvgIpc) is 1.94. The van der Waals surface area contributed by atoms with Crippen LogP contribution in [0.2, 0.25) is 0 Å². The minimum Gasteiger partial charge on any atom is -0.155 e. The van der Waals surface area contributed by atoms with Crippen molar-refractivity contribution in [1.82, 2.24) is 10.2 Å². The summed E-state index contributed by atoms with van der Waals surface area (Å²) in [6.07, 6.45) is 1.01. The van der Waals surface area contributed by atoms with E-state index in [0.717, 1.165) is 16.7 Å². The summed E-state index contributed by atoms with van der Waals surface area (Å²) in [6, 6.07) is 2.00. The molecule has 1 aromatic rings. The van der Waals surface area contributed by atoms with Gasteiger partial charge in [0.15, 0.2) is 0 Å². The molecule has 1 heterocycles. The van der Waals surface area contributed by atoms with Crippen molar-refractivity contribution in [1.29, 1.82) is 0 Å². The standard InChI is InChI=1S/C7H9BrN2/c1-3-6-4-7(8)10-9-5(6)2/h4H,3H2,1-2H3. The molecule has 1 rings (SSSR count). The van der Waals surface area contributed by atoms with Gasteiger partial charge in [0.1, 0.15) is 4.60 Å². The van der Waals surface area contributed by atoms with Crippen molar-refractivity contribution < 1.29 is 0 Å². The molecule has 10 heavy (non-hydrogen) atoms. The third kappa shape index (κ3) is 1.53. The van der Waals surface area contributed by atoms with Gasteiger partial charge in [0.25, 0.3) is 0 Å². The van der Waals surface area contributed by atoms with E-state index in [0.29, 0.717) is 0 Å². The molecule has 54 valence electrons. The number of aryl methyl sites for hydroxylation is 2. The molecule has 0 aromatic carbocycles. The zero-order chi connectivity index (χ0) is 7.56. The molecule has 0 aliphatic carbocycles. The van der Waals surface area contributed by atoms with E-state index in [4.69, 9.17) is 0 Å². The number of hydrogen-bond donors (Lipinski definition) is 0. The predicted octanol–water partition coefficient (Wildman–Crippen LogP) is 2.11. The molecule has 2 nitrogen and oxygen atoms in total. The van der Waals surface area contributed by atoms with Crippen molar-refractivity contribution in [3.8, 4) is 0 Å². The number of nitrogens with zero attached hydrogens (tertiary/aromatic N) is 2. The lowest BCUT2D eigenvalue weighted by atomic mass is 10.2. The predicted molar refractivity (Wildman–Crippen MR) is 43.8 cm³/mol. The van der Waals surface area contributed by atoms with Gasteiger partial charge in [0.05, 0.1) is 5.69 Å². The van der Waals surface area contributed by atoms with E-state index in [1.807, 2.05) is 13.0 Å². The summed E-state index contributed by atoms with van der Waals surface area (Å²) in [5, 5.41) is 7.81. The lowest BCUT2D eigenvalue weighted by Crippen LogP contribution is -1.93. The first kappa shape index (κ1) is 7.66. The first-order valence-corrected chi connectivity index (χ1v) is 4.02. The summed E-state index contributed by atoms with van der Waals surface area (Å²) < 4.78 is 0.815. The van der Waals surface area contributed by atoms with Gasteiger partial charge < -0.3 is 0 Å². The molecule has 0 aliphatic rings. The van der Waals surface area contributed by atoms with Crippen LogP contribution in [0.4, 0.5) is 0 Å². The third-order valence-corrected chi connectivity index (χ3v) is 1.82. The molecular weight excluding hydrogens is 192 g/mol. The highest BCUT2D eigenvalue weighted by molar-refractivity contribution is 9.10. The number of aromatic nitrogens is 2. The second-order valence-corrected chi connectivity index (χ2v) is 2.94. The third-order valence-electron chi connectivity index (χ3n) is 1.43. The Morgan fingerprint density at radius 1 is 1.50 bits per heavy atom. The van der Waals surface area contributed by atoms with Gasteiger partial charge in [0.2, 0.25) is 0 Å². The van der Waals surface area contributed by atoms with Gasteiger partial charge in [-0.3, -0.25) is 0 Å². The van der Waals surface area contributed by atoms with E-state index in [-0.39, 0.29) is 0 Å². The van der Waals surface area contributed by atoms with Crippen molar-refractivity contribution in [2.24, 2.45) is 0 Å². The summed E-state index contributed by atoms with van der Waals surface area (Å²) in [5.74, 6) is 0. The van der Waals surface area contributed by atoms with Crippen LogP contribution >= 0.6 is 15.9 Å². The Balaban J connectivity index is 3.09. The summed E-state index contributed by atoms with van der Waals surface area (Å²) in [5.41, 5.74) is 2.27.